The van der Waals surface area contributed by atoms with Crippen molar-refractivity contribution in [2.45, 2.75) is 76.3 Å². The van der Waals surface area contributed by atoms with Gasteiger partial charge in [-0.2, -0.15) is 0 Å². The Labute approximate surface area is 127 Å². The largest absolute Gasteiger partial charge is 0.390 e. The summed E-state index contributed by atoms with van der Waals surface area (Å²) in [5.74, 6) is 1.64. The maximum Gasteiger partial charge on any atom is 0.111 e. The van der Waals surface area contributed by atoms with Gasteiger partial charge in [0, 0.05) is 12.0 Å². The maximum absolute atomic E-state index is 11.1. The lowest BCUT2D eigenvalue weighted by Gasteiger charge is -2.45. The van der Waals surface area contributed by atoms with E-state index in [4.69, 9.17) is 0 Å². The predicted molar refractivity (Wildman–Crippen MR) is 80.4 cm³/mol. The Morgan fingerprint density at radius 3 is 2.81 bits per heavy atom. The number of hydrogen-bond acceptors (Lipinski definition) is 3. The third kappa shape index (κ3) is 1.55. The van der Waals surface area contributed by atoms with Gasteiger partial charge in [-0.1, -0.05) is 13.0 Å². The SMILES string of the molecule is CC1CC2=CC2N1C(O)C(C)C12CC3CC1CC(O)(C3)C2. The fourth-order valence-electron chi connectivity index (χ4n) is 6.96. The van der Waals surface area contributed by atoms with Gasteiger partial charge in [0.05, 0.1) is 11.6 Å². The van der Waals surface area contributed by atoms with Crippen molar-refractivity contribution in [3.63, 3.8) is 0 Å². The Kier molecular flexibility index (Phi) is 2.34. The minimum atomic E-state index is -0.403. The molecule has 8 atom stereocenters. The molecule has 0 spiro atoms. The normalized spacial score (nSPS) is 56.5. The standard InChI is InChI=1S/C18H27NO2/c1-10-3-13-5-15(13)19(10)16(20)11(2)18-7-12-4-14(18)8-17(21,6-12)9-18/h5,10-12,14-16,20-21H,3-4,6-9H2,1-2H3. The molecule has 5 aliphatic carbocycles. The lowest BCUT2D eigenvalue weighted by Crippen LogP contribution is -2.50. The predicted octanol–water partition coefficient (Wildman–Crippen LogP) is 2.28. The van der Waals surface area contributed by atoms with Crippen LogP contribution in [0.5, 0.6) is 0 Å². The van der Waals surface area contributed by atoms with Crippen LogP contribution in [0.2, 0.25) is 0 Å². The second-order valence-electron chi connectivity index (χ2n) is 8.93. The Balaban J connectivity index is 1.43. The van der Waals surface area contributed by atoms with E-state index in [0.717, 1.165) is 25.7 Å². The highest BCUT2D eigenvalue weighted by Gasteiger charge is 2.66. The monoisotopic (exact) mass is 289 g/mol. The summed E-state index contributed by atoms with van der Waals surface area (Å²) in [5, 5.41) is 21.9. The number of aliphatic hydroxyl groups is 2. The van der Waals surface area contributed by atoms with E-state index in [1.165, 1.54) is 18.4 Å². The first-order chi connectivity index (χ1) is 9.92. The van der Waals surface area contributed by atoms with Gasteiger partial charge in [0.1, 0.15) is 6.23 Å². The van der Waals surface area contributed by atoms with Crippen LogP contribution in [0, 0.1) is 23.2 Å². The number of rotatable bonds is 3. The average molecular weight is 289 g/mol. The Morgan fingerprint density at radius 2 is 2.14 bits per heavy atom. The molecule has 21 heavy (non-hydrogen) atoms. The summed E-state index contributed by atoms with van der Waals surface area (Å²) >= 11 is 0. The van der Waals surface area contributed by atoms with Gasteiger partial charge in [0.2, 0.25) is 0 Å². The molecule has 4 bridgehead atoms. The van der Waals surface area contributed by atoms with Crippen LogP contribution >= 0.6 is 0 Å². The fraction of sp³-hybridized carbons (Fsp3) is 0.889. The summed E-state index contributed by atoms with van der Waals surface area (Å²) in [4.78, 5) is 2.33. The number of fused-ring (bicyclic) bond motifs is 1. The van der Waals surface area contributed by atoms with E-state index in [1.54, 1.807) is 0 Å². The van der Waals surface area contributed by atoms with Gasteiger partial charge in [-0.3, -0.25) is 4.90 Å². The van der Waals surface area contributed by atoms with E-state index in [-0.39, 0.29) is 17.6 Å². The van der Waals surface area contributed by atoms with Crippen molar-refractivity contribution < 1.29 is 10.2 Å². The maximum atomic E-state index is 11.1. The van der Waals surface area contributed by atoms with Gasteiger partial charge in [0.15, 0.2) is 0 Å². The molecule has 2 N–H and O–H groups in total. The quantitative estimate of drug-likeness (QED) is 0.784. The fourth-order valence-corrected chi connectivity index (χ4v) is 6.96. The number of hydrogen-bond donors (Lipinski definition) is 2. The van der Waals surface area contributed by atoms with Gasteiger partial charge in [-0.15, -0.1) is 0 Å². The zero-order chi connectivity index (χ0) is 14.6. The van der Waals surface area contributed by atoms with E-state index in [0.29, 0.717) is 23.9 Å². The van der Waals surface area contributed by atoms with Gasteiger partial charge in [-0.05, 0) is 68.3 Å². The molecule has 6 rings (SSSR count). The van der Waals surface area contributed by atoms with Gasteiger partial charge in [-0.25, -0.2) is 0 Å². The lowest BCUT2D eigenvalue weighted by atomic mass is 9.66. The molecule has 1 aliphatic heterocycles. The highest BCUT2D eigenvalue weighted by Crippen LogP contribution is 2.70. The number of aliphatic hydroxyl groups excluding tert-OH is 1. The molecule has 0 radical (unpaired) electrons. The molecule has 5 fully saturated rings. The number of likely N-dealkylation sites (tertiary alicyclic amines) is 1. The summed E-state index contributed by atoms with van der Waals surface area (Å²) in [6.45, 7) is 4.50. The van der Waals surface area contributed by atoms with E-state index >= 15 is 0 Å². The number of nitrogens with zero attached hydrogens (tertiary/aromatic N) is 1. The van der Waals surface area contributed by atoms with E-state index in [1.807, 2.05) is 0 Å². The van der Waals surface area contributed by atoms with Gasteiger partial charge in [0.25, 0.3) is 0 Å². The smallest absolute Gasteiger partial charge is 0.111 e. The van der Waals surface area contributed by atoms with E-state index in [9.17, 15) is 10.2 Å². The van der Waals surface area contributed by atoms with Crippen LogP contribution in [0.1, 0.15) is 52.4 Å². The van der Waals surface area contributed by atoms with Crippen molar-refractivity contribution >= 4 is 0 Å². The third-order valence-electron chi connectivity index (χ3n) is 7.72. The molecule has 116 valence electrons. The van der Waals surface area contributed by atoms with Crippen molar-refractivity contribution in [3.8, 4) is 0 Å². The van der Waals surface area contributed by atoms with Crippen molar-refractivity contribution in [2.24, 2.45) is 23.2 Å². The highest BCUT2D eigenvalue weighted by atomic mass is 16.3. The Morgan fingerprint density at radius 1 is 1.33 bits per heavy atom. The first-order valence-corrected chi connectivity index (χ1v) is 8.80. The summed E-state index contributed by atoms with van der Waals surface area (Å²) in [6, 6.07) is 0.926. The molecule has 1 saturated heterocycles. The minimum Gasteiger partial charge on any atom is -0.390 e. The third-order valence-corrected chi connectivity index (χ3v) is 7.72. The molecule has 3 nitrogen and oxygen atoms in total. The summed E-state index contributed by atoms with van der Waals surface area (Å²) in [6.07, 6.45) is 8.57. The zero-order valence-electron chi connectivity index (χ0n) is 13.1. The molecular weight excluding hydrogens is 262 g/mol. The highest BCUT2D eigenvalue weighted by molar-refractivity contribution is 5.40. The van der Waals surface area contributed by atoms with Gasteiger partial charge < -0.3 is 10.2 Å². The molecule has 1 heterocycles. The van der Waals surface area contributed by atoms with Crippen LogP contribution in [0.3, 0.4) is 0 Å². The molecule has 8 unspecified atom stereocenters. The van der Waals surface area contributed by atoms with Crippen molar-refractivity contribution in [2.75, 3.05) is 0 Å². The lowest BCUT2D eigenvalue weighted by molar-refractivity contribution is -0.106. The van der Waals surface area contributed by atoms with Crippen LogP contribution in [0.25, 0.3) is 0 Å². The Bertz CT molecular complexity index is 531. The van der Waals surface area contributed by atoms with E-state index in [2.05, 4.69) is 24.8 Å². The van der Waals surface area contributed by atoms with Crippen LogP contribution in [-0.4, -0.2) is 39.0 Å². The Hall–Kier alpha value is -0.380. The summed E-state index contributed by atoms with van der Waals surface area (Å²) in [7, 11) is 0. The second-order valence-corrected chi connectivity index (χ2v) is 8.93. The summed E-state index contributed by atoms with van der Waals surface area (Å²) < 4.78 is 0. The van der Waals surface area contributed by atoms with E-state index < -0.39 is 5.60 Å². The molecule has 4 saturated carbocycles. The topological polar surface area (TPSA) is 43.7 Å². The molecule has 0 aromatic rings. The molecule has 0 amide bonds. The van der Waals surface area contributed by atoms with Crippen LogP contribution in [-0.2, 0) is 0 Å². The average Bonchev–Trinajstić information content (AvgIpc) is 2.92. The second kappa shape index (κ2) is 3.74. The first kappa shape index (κ1) is 13.1. The zero-order valence-corrected chi connectivity index (χ0v) is 13.1. The summed E-state index contributed by atoms with van der Waals surface area (Å²) in [5.41, 5.74) is 1.33. The van der Waals surface area contributed by atoms with Crippen molar-refractivity contribution in [3.05, 3.63) is 11.6 Å². The van der Waals surface area contributed by atoms with Crippen LogP contribution in [0.15, 0.2) is 11.6 Å². The first-order valence-electron chi connectivity index (χ1n) is 8.80. The van der Waals surface area contributed by atoms with Crippen LogP contribution < -0.4 is 0 Å². The molecule has 6 aliphatic rings. The van der Waals surface area contributed by atoms with Crippen LogP contribution in [0.4, 0.5) is 0 Å². The molecule has 0 aromatic heterocycles. The van der Waals surface area contributed by atoms with Crippen molar-refractivity contribution in [1.29, 1.82) is 0 Å². The van der Waals surface area contributed by atoms with Crippen molar-refractivity contribution in [1.82, 2.24) is 4.90 Å². The molecule has 3 heteroatoms. The molecule has 0 aromatic carbocycles. The molecular formula is C18H27NO2. The van der Waals surface area contributed by atoms with Gasteiger partial charge >= 0.3 is 0 Å². The minimum absolute atomic E-state index is 0.203.